The molecule has 0 saturated heterocycles. The van der Waals surface area contributed by atoms with Crippen molar-refractivity contribution in [1.82, 2.24) is 4.98 Å². The van der Waals surface area contributed by atoms with Crippen LogP contribution >= 0.6 is 0 Å². The molecule has 0 aliphatic heterocycles. The van der Waals surface area contributed by atoms with Gasteiger partial charge in [-0.1, -0.05) is 12.8 Å². The summed E-state index contributed by atoms with van der Waals surface area (Å²) in [6, 6.07) is 1.71. The summed E-state index contributed by atoms with van der Waals surface area (Å²) in [7, 11) is 0. The minimum atomic E-state index is -1.29. The summed E-state index contributed by atoms with van der Waals surface area (Å²) < 4.78 is 40.5. The normalized spacial score (nSPS) is 16.4. The summed E-state index contributed by atoms with van der Waals surface area (Å²) in [5.74, 6) is -3.38. The molecule has 1 fully saturated rings. The maximum absolute atomic E-state index is 13.7. The number of benzene rings is 1. The molecule has 5 heteroatoms. The second-order valence-corrected chi connectivity index (χ2v) is 4.97. The first kappa shape index (κ1) is 12.3. The average molecular weight is 267 g/mol. The number of halogens is 3. The van der Waals surface area contributed by atoms with Crippen molar-refractivity contribution in [3.05, 3.63) is 45.5 Å². The Morgan fingerprint density at radius 2 is 1.74 bits per heavy atom. The Kier molecular flexibility index (Phi) is 2.84. The first-order valence-corrected chi connectivity index (χ1v) is 6.28. The number of H-pyrrole nitrogens is 1. The van der Waals surface area contributed by atoms with E-state index in [0.717, 1.165) is 25.7 Å². The maximum atomic E-state index is 13.7. The summed E-state index contributed by atoms with van der Waals surface area (Å²) >= 11 is 0. The molecule has 0 unspecified atom stereocenters. The second-order valence-electron chi connectivity index (χ2n) is 4.97. The van der Waals surface area contributed by atoms with Gasteiger partial charge in [-0.2, -0.15) is 0 Å². The van der Waals surface area contributed by atoms with Crippen molar-refractivity contribution >= 4 is 10.9 Å². The van der Waals surface area contributed by atoms with Gasteiger partial charge in [-0.25, -0.2) is 13.2 Å². The van der Waals surface area contributed by atoms with Crippen LogP contribution in [0.3, 0.4) is 0 Å². The monoisotopic (exact) mass is 267 g/mol. The minimum absolute atomic E-state index is 0.142. The van der Waals surface area contributed by atoms with Crippen molar-refractivity contribution in [1.29, 1.82) is 0 Å². The van der Waals surface area contributed by atoms with Crippen molar-refractivity contribution in [2.45, 2.75) is 31.6 Å². The molecule has 1 heterocycles. The van der Waals surface area contributed by atoms with Crippen molar-refractivity contribution in [2.75, 3.05) is 0 Å². The predicted octanol–water partition coefficient (Wildman–Crippen LogP) is 3.60. The molecule has 1 aliphatic carbocycles. The summed E-state index contributed by atoms with van der Waals surface area (Å²) in [4.78, 5) is 14.6. The summed E-state index contributed by atoms with van der Waals surface area (Å²) in [5.41, 5.74) is -0.405. The molecule has 0 radical (unpaired) electrons. The van der Waals surface area contributed by atoms with Gasteiger partial charge >= 0.3 is 0 Å². The average Bonchev–Trinajstić information content (AvgIpc) is 2.88. The molecule has 1 N–H and O–H groups in total. The fourth-order valence-electron chi connectivity index (χ4n) is 2.80. The lowest BCUT2D eigenvalue weighted by atomic mass is 10.0. The maximum Gasteiger partial charge on any atom is 0.192 e. The number of aromatic nitrogens is 1. The van der Waals surface area contributed by atoms with E-state index < -0.39 is 28.3 Å². The lowest BCUT2D eigenvalue weighted by Gasteiger charge is -2.11. The first-order valence-electron chi connectivity index (χ1n) is 6.28. The highest BCUT2D eigenvalue weighted by atomic mass is 19.2. The van der Waals surface area contributed by atoms with Gasteiger partial charge in [0.2, 0.25) is 0 Å². The predicted molar refractivity (Wildman–Crippen MR) is 65.7 cm³/mol. The van der Waals surface area contributed by atoms with E-state index in [-0.39, 0.29) is 11.4 Å². The van der Waals surface area contributed by atoms with Crippen LogP contribution in [-0.2, 0) is 0 Å². The van der Waals surface area contributed by atoms with Gasteiger partial charge in [0.05, 0.1) is 10.9 Å². The van der Waals surface area contributed by atoms with Crippen LogP contribution < -0.4 is 5.43 Å². The van der Waals surface area contributed by atoms with E-state index in [1.165, 1.54) is 6.07 Å². The zero-order valence-electron chi connectivity index (χ0n) is 10.1. The standard InChI is InChI=1S/C14H12F3NO/c15-8-5-9(16)13(17)14-12(8)11(19)6-10(18-14)7-3-1-2-4-7/h5-7H,1-4H2,(H,18,19). The smallest absolute Gasteiger partial charge is 0.192 e. The molecule has 0 atom stereocenters. The fraction of sp³-hybridized carbons (Fsp3) is 0.357. The van der Waals surface area contributed by atoms with Gasteiger partial charge in [0.1, 0.15) is 5.82 Å². The van der Waals surface area contributed by atoms with Crippen LogP contribution in [0.15, 0.2) is 16.9 Å². The van der Waals surface area contributed by atoms with Crippen LogP contribution in [0.1, 0.15) is 37.3 Å². The number of hydrogen-bond acceptors (Lipinski definition) is 1. The van der Waals surface area contributed by atoms with E-state index in [9.17, 15) is 18.0 Å². The van der Waals surface area contributed by atoms with Crippen LogP contribution in [0.25, 0.3) is 10.9 Å². The number of nitrogens with one attached hydrogen (secondary N) is 1. The highest BCUT2D eigenvalue weighted by Crippen LogP contribution is 2.33. The molecule has 1 aromatic carbocycles. The van der Waals surface area contributed by atoms with Crippen LogP contribution in [0, 0.1) is 17.5 Å². The fourth-order valence-corrected chi connectivity index (χ4v) is 2.80. The van der Waals surface area contributed by atoms with E-state index in [1.807, 2.05) is 0 Å². The van der Waals surface area contributed by atoms with Gasteiger partial charge in [0, 0.05) is 17.8 Å². The van der Waals surface area contributed by atoms with E-state index in [1.54, 1.807) is 0 Å². The first-order chi connectivity index (χ1) is 9.08. The Morgan fingerprint density at radius 1 is 1.05 bits per heavy atom. The molecule has 1 aromatic heterocycles. The zero-order valence-corrected chi connectivity index (χ0v) is 10.1. The van der Waals surface area contributed by atoms with Gasteiger partial charge in [-0.3, -0.25) is 4.79 Å². The SMILES string of the molecule is O=c1cc(C2CCCC2)[nH]c2c(F)c(F)cc(F)c12. The summed E-state index contributed by atoms with van der Waals surface area (Å²) in [6.07, 6.45) is 3.90. The van der Waals surface area contributed by atoms with Gasteiger partial charge in [0.25, 0.3) is 0 Å². The number of fused-ring (bicyclic) bond motifs is 1. The molecule has 1 aliphatic rings. The largest absolute Gasteiger partial charge is 0.355 e. The van der Waals surface area contributed by atoms with E-state index >= 15 is 0 Å². The molecular formula is C14H12F3NO. The Balaban J connectivity index is 2.30. The Hall–Kier alpha value is -1.78. The van der Waals surface area contributed by atoms with Gasteiger partial charge < -0.3 is 4.98 Å². The zero-order chi connectivity index (χ0) is 13.6. The van der Waals surface area contributed by atoms with Crippen LogP contribution in [0.2, 0.25) is 0 Å². The van der Waals surface area contributed by atoms with Gasteiger partial charge in [-0.05, 0) is 18.8 Å². The van der Waals surface area contributed by atoms with Gasteiger partial charge in [0.15, 0.2) is 17.1 Å². The molecular weight excluding hydrogens is 255 g/mol. The third kappa shape index (κ3) is 1.93. The second kappa shape index (κ2) is 4.40. The number of rotatable bonds is 1. The van der Waals surface area contributed by atoms with Crippen LogP contribution in [0.4, 0.5) is 13.2 Å². The van der Waals surface area contributed by atoms with E-state index in [2.05, 4.69) is 4.98 Å². The molecule has 0 spiro atoms. The summed E-state index contributed by atoms with van der Waals surface area (Å²) in [5, 5.41) is -0.416. The number of pyridine rings is 1. The highest BCUT2D eigenvalue weighted by Gasteiger charge is 2.21. The van der Waals surface area contributed by atoms with Crippen LogP contribution in [0.5, 0.6) is 0 Å². The Morgan fingerprint density at radius 3 is 2.42 bits per heavy atom. The quantitative estimate of drug-likeness (QED) is 0.787. The summed E-state index contributed by atoms with van der Waals surface area (Å²) in [6.45, 7) is 0. The lowest BCUT2D eigenvalue weighted by Crippen LogP contribution is -2.11. The number of hydrogen-bond donors (Lipinski definition) is 1. The molecule has 2 nitrogen and oxygen atoms in total. The highest BCUT2D eigenvalue weighted by molar-refractivity contribution is 5.80. The Bertz CT molecular complexity index is 702. The topological polar surface area (TPSA) is 32.9 Å². The van der Waals surface area contributed by atoms with E-state index in [0.29, 0.717) is 11.8 Å². The van der Waals surface area contributed by atoms with Crippen molar-refractivity contribution in [3.63, 3.8) is 0 Å². The number of aromatic amines is 1. The molecule has 100 valence electrons. The molecule has 3 rings (SSSR count). The van der Waals surface area contributed by atoms with Crippen molar-refractivity contribution < 1.29 is 13.2 Å². The lowest BCUT2D eigenvalue weighted by molar-refractivity contribution is 0.503. The molecule has 2 aromatic rings. The molecule has 1 saturated carbocycles. The third-order valence-electron chi connectivity index (χ3n) is 3.77. The van der Waals surface area contributed by atoms with Crippen molar-refractivity contribution in [2.24, 2.45) is 0 Å². The Labute approximate surface area is 107 Å². The third-order valence-corrected chi connectivity index (χ3v) is 3.77. The van der Waals surface area contributed by atoms with Gasteiger partial charge in [-0.15, -0.1) is 0 Å². The molecule has 0 bridgehead atoms. The molecule has 0 amide bonds. The molecule has 19 heavy (non-hydrogen) atoms. The van der Waals surface area contributed by atoms with Crippen molar-refractivity contribution in [3.8, 4) is 0 Å². The van der Waals surface area contributed by atoms with E-state index in [4.69, 9.17) is 0 Å². The van der Waals surface area contributed by atoms with Crippen LogP contribution in [-0.4, -0.2) is 4.98 Å². The minimum Gasteiger partial charge on any atom is -0.355 e.